The molecule has 2 aliphatic rings. The summed E-state index contributed by atoms with van der Waals surface area (Å²) in [6, 6.07) is 13.7. The third kappa shape index (κ3) is 4.32. The van der Waals surface area contributed by atoms with Gasteiger partial charge in [0.15, 0.2) is 0 Å². The number of carbonyl (C=O) groups is 1. The predicted molar refractivity (Wildman–Crippen MR) is 122 cm³/mol. The van der Waals surface area contributed by atoms with Crippen LogP contribution >= 0.6 is 0 Å². The summed E-state index contributed by atoms with van der Waals surface area (Å²) in [5.41, 5.74) is 2.31. The molecule has 1 amide bonds. The van der Waals surface area contributed by atoms with Gasteiger partial charge in [0.05, 0.1) is 36.2 Å². The number of hydrogen-bond donors (Lipinski definition) is 1. The molecule has 7 heteroatoms. The first kappa shape index (κ1) is 19.8. The fraction of sp³-hybridized carbons (Fsp3) is 0.375. The zero-order chi connectivity index (χ0) is 21.0. The van der Waals surface area contributed by atoms with Crippen molar-refractivity contribution in [3.63, 3.8) is 0 Å². The highest BCUT2D eigenvalue weighted by Gasteiger charge is 2.21. The van der Waals surface area contributed by atoms with Gasteiger partial charge in [-0.1, -0.05) is 18.2 Å². The Morgan fingerprint density at radius 3 is 2.55 bits per heavy atom. The number of amides is 1. The highest BCUT2D eigenvalue weighted by Crippen LogP contribution is 2.26. The summed E-state index contributed by atoms with van der Waals surface area (Å²) >= 11 is 0. The zero-order valence-electron chi connectivity index (χ0n) is 17.6. The van der Waals surface area contributed by atoms with E-state index in [1.165, 1.54) is 19.3 Å². The zero-order valence-corrected chi connectivity index (χ0v) is 17.6. The number of pyridine rings is 2. The molecule has 1 N–H and O–H groups in total. The lowest BCUT2D eigenvalue weighted by molar-refractivity contribution is 0.0304. The van der Waals surface area contributed by atoms with E-state index in [9.17, 15) is 4.79 Å². The van der Waals surface area contributed by atoms with Gasteiger partial charge in [0.1, 0.15) is 11.6 Å². The number of morpholine rings is 1. The number of aromatic nitrogens is 2. The standard InChI is InChI=1S/C24H27N5O2/c30-24(29-12-14-31-15-13-29)20-16-22(27-21-7-3-2-6-19(20)21)26-18-8-9-23(25-17-18)28-10-4-1-5-11-28/h2-3,6-9,16-17H,1,4-5,10-15H2,(H,26,27). The molecule has 31 heavy (non-hydrogen) atoms. The van der Waals surface area contributed by atoms with Crippen molar-refractivity contribution in [3.8, 4) is 0 Å². The second-order valence-electron chi connectivity index (χ2n) is 8.05. The SMILES string of the molecule is O=C(c1cc(Nc2ccc(N3CCCCC3)nc2)nc2ccccc12)N1CCOCC1. The Labute approximate surface area is 182 Å². The number of benzene rings is 1. The molecule has 2 aliphatic heterocycles. The summed E-state index contributed by atoms with van der Waals surface area (Å²) in [5, 5.41) is 4.20. The van der Waals surface area contributed by atoms with E-state index in [2.05, 4.69) is 21.3 Å². The van der Waals surface area contributed by atoms with Crippen LogP contribution in [0.15, 0.2) is 48.7 Å². The lowest BCUT2D eigenvalue weighted by atomic mass is 10.1. The normalized spacial score (nSPS) is 17.0. The molecule has 0 atom stereocenters. The van der Waals surface area contributed by atoms with Crippen LogP contribution in [-0.2, 0) is 4.74 Å². The number of para-hydroxylation sites is 1. The predicted octanol–water partition coefficient (Wildman–Crippen LogP) is 3.84. The molecule has 0 radical (unpaired) electrons. The number of ether oxygens (including phenoxy) is 1. The van der Waals surface area contributed by atoms with Crippen LogP contribution in [0.4, 0.5) is 17.3 Å². The van der Waals surface area contributed by atoms with E-state index in [1.807, 2.05) is 47.5 Å². The molecule has 0 spiro atoms. The molecule has 7 nitrogen and oxygen atoms in total. The van der Waals surface area contributed by atoms with Gasteiger partial charge in [-0.2, -0.15) is 0 Å². The Morgan fingerprint density at radius 1 is 0.968 bits per heavy atom. The second-order valence-corrected chi connectivity index (χ2v) is 8.05. The summed E-state index contributed by atoms with van der Waals surface area (Å²) in [5.74, 6) is 1.67. The van der Waals surface area contributed by atoms with E-state index < -0.39 is 0 Å². The van der Waals surface area contributed by atoms with Gasteiger partial charge >= 0.3 is 0 Å². The Bertz CT molecular complexity index is 1060. The van der Waals surface area contributed by atoms with E-state index in [-0.39, 0.29) is 5.91 Å². The van der Waals surface area contributed by atoms with Gasteiger partial charge < -0.3 is 19.9 Å². The van der Waals surface area contributed by atoms with Crippen molar-refractivity contribution in [1.82, 2.24) is 14.9 Å². The van der Waals surface area contributed by atoms with Crippen molar-refractivity contribution in [1.29, 1.82) is 0 Å². The monoisotopic (exact) mass is 417 g/mol. The Hall–Kier alpha value is -3.19. The molecule has 0 bridgehead atoms. The van der Waals surface area contributed by atoms with Gasteiger partial charge in [-0.3, -0.25) is 4.79 Å². The number of nitrogens with zero attached hydrogens (tertiary/aromatic N) is 4. The number of anilines is 3. The van der Waals surface area contributed by atoms with Crippen molar-refractivity contribution in [2.45, 2.75) is 19.3 Å². The van der Waals surface area contributed by atoms with Crippen molar-refractivity contribution in [2.75, 3.05) is 49.6 Å². The molecule has 4 heterocycles. The molecule has 0 unspecified atom stereocenters. The first-order valence-electron chi connectivity index (χ1n) is 11.0. The average molecular weight is 418 g/mol. The fourth-order valence-electron chi connectivity index (χ4n) is 4.27. The van der Waals surface area contributed by atoms with Crippen LogP contribution in [0.1, 0.15) is 29.6 Å². The molecule has 0 aliphatic carbocycles. The van der Waals surface area contributed by atoms with Crippen molar-refractivity contribution < 1.29 is 9.53 Å². The number of rotatable bonds is 4. The summed E-state index contributed by atoms with van der Waals surface area (Å²) in [6.07, 6.45) is 5.59. The lowest BCUT2D eigenvalue weighted by Gasteiger charge is -2.28. The molecule has 5 rings (SSSR count). The molecule has 2 saturated heterocycles. The van der Waals surface area contributed by atoms with Crippen LogP contribution in [0.5, 0.6) is 0 Å². The van der Waals surface area contributed by atoms with Crippen molar-refractivity contribution >= 4 is 34.1 Å². The Kier molecular flexibility index (Phi) is 5.67. The number of piperidine rings is 1. The van der Waals surface area contributed by atoms with E-state index in [0.717, 1.165) is 35.5 Å². The van der Waals surface area contributed by atoms with Gasteiger partial charge in [-0.15, -0.1) is 0 Å². The topological polar surface area (TPSA) is 70.6 Å². The maximum atomic E-state index is 13.2. The summed E-state index contributed by atoms with van der Waals surface area (Å²) in [6.45, 7) is 4.52. The summed E-state index contributed by atoms with van der Waals surface area (Å²) < 4.78 is 5.40. The third-order valence-corrected chi connectivity index (χ3v) is 5.95. The molecule has 1 aromatic carbocycles. The van der Waals surface area contributed by atoms with Gasteiger partial charge in [-0.05, 0) is 43.5 Å². The van der Waals surface area contributed by atoms with Crippen LogP contribution in [-0.4, -0.2) is 60.2 Å². The maximum absolute atomic E-state index is 13.2. The van der Waals surface area contributed by atoms with E-state index in [4.69, 9.17) is 9.72 Å². The highest BCUT2D eigenvalue weighted by molar-refractivity contribution is 6.07. The smallest absolute Gasteiger partial charge is 0.254 e. The van der Waals surface area contributed by atoms with E-state index >= 15 is 0 Å². The Morgan fingerprint density at radius 2 is 1.77 bits per heavy atom. The fourth-order valence-corrected chi connectivity index (χ4v) is 4.27. The third-order valence-electron chi connectivity index (χ3n) is 5.95. The second kappa shape index (κ2) is 8.89. The molecule has 3 aromatic rings. The van der Waals surface area contributed by atoms with E-state index in [1.54, 1.807) is 0 Å². The van der Waals surface area contributed by atoms with Gasteiger partial charge in [0.25, 0.3) is 5.91 Å². The number of carbonyl (C=O) groups excluding carboxylic acids is 1. The van der Waals surface area contributed by atoms with Gasteiger partial charge in [-0.25, -0.2) is 9.97 Å². The van der Waals surface area contributed by atoms with Crippen LogP contribution in [0.2, 0.25) is 0 Å². The minimum atomic E-state index is 0.0171. The average Bonchev–Trinajstić information content (AvgIpc) is 2.85. The van der Waals surface area contributed by atoms with Crippen molar-refractivity contribution in [2.24, 2.45) is 0 Å². The van der Waals surface area contributed by atoms with Gasteiger partial charge in [0.2, 0.25) is 0 Å². The van der Waals surface area contributed by atoms with Crippen molar-refractivity contribution in [3.05, 3.63) is 54.2 Å². The largest absolute Gasteiger partial charge is 0.378 e. The van der Waals surface area contributed by atoms with E-state index in [0.29, 0.717) is 37.7 Å². The molecule has 0 saturated carbocycles. The number of hydrogen-bond acceptors (Lipinski definition) is 6. The van der Waals surface area contributed by atoms with Crippen LogP contribution in [0, 0.1) is 0 Å². The first-order valence-corrected chi connectivity index (χ1v) is 11.0. The quantitative estimate of drug-likeness (QED) is 0.696. The molecule has 160 valence electrons. The van der Waals surface area contributed by atoms with Gasteiger partial charge in [0, 0.05) is 31.6 Å². The Balaban J connectivity index is 1.41. The molecule has 2 fully saturated rings. The number of fused-ring (bicyclic) bond motifs is 1. The molecular formula is C24H27N5O2. The summed E-state index contributed by atoms with van der Waals surface area (Å²) in [4.78, 5) is 26.8. The van der Waals surface area contributed by atoms with Crippen LogP contribution in [0.3, 0.4) is 0 Å². The first-order chi connectivity index (χ1) is 15.3. The minimum Gasteiger partial charge on any atom is -0.378 e. The maximum Gasteiger partial charge on any atom is 0.254 e. The molecule has 2 aromatic heterocycles. The minimum absolute atomic E-state index is 0.0171. The van der Waals surface area contributed by atoms with Crippen LogP contribution < -0.4 is 10.2 Å². The lowest BCUT2D eigenvalue weighted by Crippen LogP contribution is -2.40. The number of nitrogens with one attached hydrogen (secondary N) is 1. The van der Waals surface area contributed by atoms with Crippen LogP contribution in [0.25, 0.3) is 10.9 Å². The highest BCUT2D eigenvalue weighted by atomic mass is 16.5. The summed E-state index contributed by atoms with van der Waals surface area (Å²) in [7, 11) is 0. The molecular weight excluding hydrogens is 390 g/mol.